The molecule has 0 spiro atoms. The van der Waals surface area contributed by atoms with Crippen LogP contribution in [0, 0.1) is 26.6 Å². The Kier molecular flexibility index (Phi) is 2.54. The summed E-state index contributed by atoms with van der Waals surface area (Å²) >= 11 is 0. The first-order valence-electron chi connectivity index (χ1n) is 5.27. The number of rotatable bonds is 1. The third-order valence-electron chi connectivity index (χ3n) is 2.90. The van der Waals surface area contributed by atoms with Gasteiger partial charge in [-0.25, -0.2) is 4.39 Å². The topological polar surface area (TPSA) is 17.8 Å². The molecule has 0 fully saturated rings. The number of nitrogens with zero attached hydrogens (tertiary/aromatic N) is 2. The van der Waals surface area contributed by atoms with E-state index < -0.39 is 0 Å². The van der Waals surface area contributed by atoms with Crippen molar-refractivity contribution in [1.82, 2.24) is 9.78 Å². The molecule has 2 nitrogen and oxygen atoms in total. The van der Waals surface area contributed by atoms with Crippen molar-refractivity contribution in [2.45, 2.75) is 20.8 Å². The van der Waals surface area contributed by atoms with Gasteiger partial charge in [0.1, 0.15) is 5.69 Å². The Balaban J connectivity index is 2.63. The summed E-state index contributed by atoms with van der Waals surface area (Å²) in [5.41, 5.74) is 4.10. The van der Waals surface area contributed by atoms with Gasteiger partial charge in [-0.3, -0.25) is 4.68 Å². The van der Waals surface area contributed by atoms with Gasteiger partial charge in [-0.05, 0) is 26.3 Å². The number of benzene rings is 1. The molecule has 0 saturated heterocycles. The van der Waals surface area contributed by atoms with Crippen LogP contribution in [-0.2, 0) is 7.05 Å². The Labute approximate surface area is 94.7 Å². The van der Waals surface area contributed by atoms with Crippen LogP contribution >= 0.6 is 0 Å². The van der Waals surface area contributed by atoms with Gasteiger partial charge in [0.15, 0.2) is 5.82 Å². The van der Waals surface area contributed by atoms with Gasteiger partial charge in [-0.1, -0.05) is 23.8 Å². The molecule has 0 saturated carbocycles. The lowest BCUT2D eigenvalue weighted by Gasteiger charge is -2.03. The van der Waals surface area contributed by atoms with Crippen molar-refractivity contribution in [3.05, 3.63) is 40.8 Å². The number of hydrogen-bond donors (Lipinski definition) is 0. The van der Waals surface area contributed by atoms with Gasteiger partial charge in [0.2, 0.25) is 0 Å². The number of hydrogen-bond acceptors (Lipinski definition) is 1. The molecule has 2 aromatic rings. The summed E-state index contributed by atoms with van der Waals surface area (Å²) in [6, 6.07) is 5.94. The molecule has 1 aromatic heterocycles. The molecule has 0 radical (unpaired) electrons. The fraction of sp³-hybridized carbons (Fsp3) is 0.308. The number of aromatic nitrogens is 2. The smallest absolute Gasteiger partial charge is 0.171 e. The fourth-order valence-corrected chi connectivity index (χ4v) is 1.83. The van der Waals surface area contributed by atoms with Crippen LogP contribution in [0.1, 0.15) is 16.8 Å². The van der Waals surface area contributed by atoms with E-state index in [0.29, 0.717) is 11.4 Å². The van der Waals surface area contributed by atoms with E-state index in [1.807, 2.05) is 32.0 Å². The van der Waals surface area contributed by atoms with Gasteiger partial charge in [-0.2, -0.15) is 5.10 Å². The molecule has 84 valence electrons. The first-order valence-corrected chi connectivity index (χ1v) is 5.27. The second-order valence-electron chi connectivity index (χ2n) is 4.19. The molecular formula is C13H15FN2. The number of aryl methyl sites for hydroxylation is 3. The minimum atomic E-state index is -0.227. The van der Waals surface area contributed by atoms with E-state index in [-0.39, 0.29) is 5.82 Å². The molecule has 0 unspecified atom stereocenters. The molecule has 0 atom stereocenters. The van der Waals surface area contributed by atoms with E-state index in [1.54, 1.807) is 18.7 Å². The minimum Gasteiger partial charge on any atom is -0.269 e. The van der Waals surface area contributed by atoms with Gasteiger partial charge >= 0.3 is 0 Å². The average Bonchev–Trinajstić information content (AvgIpc) is 2.46. The van der Waals surface area contributed by atoms with Crippen LogP contribution in [-0.4, -0.2) is 9.78 Å². The van der Waals surface area contributed by atoms with E-state index in [2.05, 4.69) is 5.10 Å². The molecule has 0 aliphatic rings. The summed E-state index contributed by atoms with van der Waals surface area (Å²) in [4.78, 5) is 0. The van der Waals surface area contributed by atoms with Crippen molar-refractivity contribution in [1.29, 1.82) is 0 Å². The molecular weight excluding hydrogens is 203 g/mol. The molecule has 16 heavy (non-hydrogen) atoms. The molecule has 0 aliphatic heterocycles. The lowest BCUT2D eigenvalue weighted by atomic mass is 10.0. The van der Waals surface area contributed by atoms with E-state index >= 15 is 0 Å². The maximum absolute atomic E-state index is 13.9. The Morgan fingerprint density at radius 1 is 1.19 bits per heavy atom. The average molecular weight is 218 g/mol. The van der Waals surface area contributed by atoms with Crippen molar-refractivity contribution >= 4 is 0 Å². The SMILES string of the molecule is Cc1ccc(-c2nn(C)c(C)c2F)c(C)c1. The molecule has 0 bridgehead atoms. The summed E-state index contributed by atoms with van der Waals surface area (Å²) in [7, 11) is 1.76. The van der Waals surface area contributed by atoms with Crippen LogP contribution in [0.5, 0.6) is 0 Å². The van der Waals surface area contributed by atoms with Crippen molar-refractivity contribution in [3.63, 3.8) is 0 Å². The van der Waals surface area contributed by atoms with Gasteiger partial charge in [0.05, 0.1) is 5.69 Å². The van der Waals surface area contributed by atoms with E-state index in [0.717, 1.165) is 11.1 Å². The second kappa shape index (κ2) is 3.74. The highest BCUT2D eigenvalue weighted by Gasteiger charge is 2.15. The zero-order valence-electron chi connectivity index (χ0n) is 10.0. The normalized spacial score (nSPS) is 10.8. The van der Waals surface area contributed by atoms with Gasteiger partial charge in [0.25, 0.3) is 0 Å². The summed E-state index contributed by atoms with van der Waals surface area (Å²) in [6.45, 7) is 5.73. The molecule has 3 heteroatoms. The lowest BCUT2D eigenvalue weighted by molar-refractivity contribution is 0.612. The Morgan fingerprint density at radius 2 is 1.88 bits per heavy atom. The van der Waals surface area contributed by atoms with Crippen LogP contribution in [0.2, 0.25) is 0 Å². The molecule has 0 N–H and O–H groups in total. The van der Waals surface area contributed by atoms with E-state index in [1.165, 1.54) is 5.56 Å². The van der Waals surface area contributed by atoms with E-state index in [4.69, 9.17) is 0 Å². The van der Waals surface area contributed by atoms with Crippen LogP contribution in [0.4, 0.5) is 4.39 Å². The molecule has 2 rings (SSSR count). The van der Waals surface area contributed by atoms with Gasteiger partial charge in [0, 0.05) is 12.6 Å². The van der Waals surface area contributed by atoms with Crippen molar-refractivity contribution < 1.29 is 4.39 Å². The fourth-order valence-electron chi connectivity index (χ4n) is 1.83. The van der Waals surface area contributed by atoms with Crippen LogP contribution in [0.3, 0.4) is 0 Å². The quantitative estimate of drug-likeness (QED) is 0.719. The highest BCUT2D eigenvalue weighted by Crippen LogP contribution is 2.26. The highest BCUT2D eigenvalue weighted by atomic mass is 19.1. The predicted molar refractivity (Wildman–Crippen MR) is 62.8 cm³/mol. The van der Waals surface area contributed by atoms with Crippen molar-refractivity contribution in [3.8, 4) is 11.3 Å². The summed E-state index contributed by atoms with van der Waals surface area (Å²) < 4.78 is 15.5. The zero-order valence-corrected chi connectivity index (χ0v) is 10.0. The lowest BCUT2D eigenvalue weighted by Crippen LogP contribution is -1.93. The Hall–Kier alpha value is -1.64. The number of halogens is 1. The standard InChI is InChI=1S/C13H15FN2/c1-8-5-6-11(9(2)7-8)13-12(14)10(3)16(4)15-13/h5-7H,1-4H3. The summed E-state index contributed by atoms with van der Waals surface area (Å²) in [6.07, 6.45) is 0. The minimum absolute atomic E-state index is 0.227. The summed E-state index contributed by atoms with van der Waals surface area (Å²) in [5.74, 6) is -0.227. The molecule has 1 heterocycles. The van der Waals surface area contributed by atoms with Crippen LogP contribution in [0.15, 0.2) is 18.2 Å². The molecule has 0 amide bonds. The Bertz CT molecular complexity index is 541. The molecule has 0 aliphatic carbocycles. The maximum atomic E-state index is 13.9. The first kappa shape index (κ1) is 10.9. The van der Waals surface area contributed by atoms with Gasteiger partial charge < -0.3 is 0 Å². The van der Waals surface area contributed by atoms with Crippen LogP contribution in [0.25, 0.3) is 11.3 Å². The predicted octanol–water partition coefficient (Wildman–Crippen LogP) is 3.15. The second-order valence-corrected chi connectivity index (χ2v) is 4.19. The highest BCUT2D eigenvalue weighted by molar-refractivity contribution is 5.64. The molecule has 1 aromatic carbocycles. The Morgan fingerprint density at radius 3 is 2.38 bits per heavy atom. The van der Waals surface area contributed by atoms with Gasteiger partial charge in [-0.15, -0.1) is 0 Å². The third-order valence-corrected chi connectivity index (χ3v) is 2.90. The first-order chi connectivity index (χ1) is 7.50. The van der Waals surface area contributed by atoms with Crippen molar-refractivity contribution in [2.75, 3.05) is 0 Å². The van der Waals surface area contributed by atoms with Crippen LogP contribution < -0.4 is 0 Å². The largest absolute Gasteiger partial charge is 0.269 e. The van der Waals surface area contributed by atoms with E-state index in [9.17, 15) is 4.39 Å². The maximum Gasteiger partial charge on any atom is 0.171 e. The monoisotopic (exact) mass is 218 g/mol. The summed E-state index contributed by atoms with van der Waals surface area (Å²) in [5, 5.41) is 4.21. The van der Waals surface area contributed by atoms with Crippen molar-refractivity contribution in [2.24, 2.45) is 7.05 Å². The zero-order chi connectivity index (χ0) is 11.9. The third kappa shape index (κ3) is 1.62.